The van der Waals surface area contributed by atoms with Crippen LogP contribution in [0.1, 0.15) is 34.8 Å². The molecule has 0 radical (unpaired) electrons. The monoisotopic (exact) mass is 289 g/mol. The number of H-pyrrole nitrogens is 1. The Morgan fingerprint density at radius 2 is 2.43 bits per heavy atom. The lowest BCUT2D eigenvalue weighted by atomic mass is 10.1. The van der Waals surface area contributed by atoms with Crippen molar-refractivity contribution in [2.24, 2.45) is 0 Å². The SMILES string of the molecule is CCn1nc(C(=O)N2CCOC[C@H]2c2ccn[nH]2)cc1C. The number of aromatic amines is 1. The van der Waals surface area contributed by atoms with Crippen LogP contribution in [0.5, 0.6) is 0 Å². The van der Waals surface area contributed by atoms with Gasteiger partial charge in [0.25, 0.3) is 5.91 Å². The van der Waals surface area contributed by atoms with Gasteiger partial charge in [-0.25, -0.2) is 0 Å². The zero-order chi connectivity index (χ0) is 14.8. The molecule has 1 amide bonds. The minimum absolute atomic E-state index is 0.0619. The van der Waals surface area contributed by atoms with E-state index in [1.54, 1.807) is 11.1 Å². The average Bonchev–Trinajstić information content (AvgIpc) is 3.15. The third-order valence-electron chi connectivity index (χ3n) is 3.77. The van der Waals surface area contributed by atoms with Crippen molar-refractivity contribution >= 4 is 5.91 Å². The van der Waals surface area contributed by atoms with E-state index in [0.717, 1.165) is 17.9 Å². The van der Waals surface area contributed by atoms with Crippen LogP contribution in [0.15, 0.2) is 18.3 Å². The maximum atomic E-state index is 12.7. The molecule has 1 saturated heterocycles. The summed E-state index contributed by atoms with van der Waals surface area (Å²) in [5.41, 5.74) is 2.36. The Kier molecular flexibility index (Phi) is 3.74. The first kappa shape index (κ1) is 13.8. The predicted octanol–water partition coefficient (Wildman–Crippen LogP) is 1.15. The zero-order valence-corrected chi connectivity index (χ0v) is 12.2. The molecule has 0 spiro atoms. The zero-order valence-electron chi connectivity index (χ0n) is 12.2. The van der Waals surface area contributed by atoms with Gasteiger partial charge >= 0.3 is 0 Å². The minimum atomic E-state index is -0.138. The number of rotatable bonds is 3. The van der Waals surface area contributed by atoms with Crippen molar-refractivity contribution in [2.45, 2.75) is 26.4 Å². The molecule has 0 aromatic carbocycles. The molecule has 21 heavy (non-hydrogen) atoms. The normalized spacial score (nSPS) is 19.0. The van der Waals surface area contributed by atoms with E-state index in [-0.39, 0.29) is 11.9 Å². The second kappa shape index (κ2) is 5.69. The molecule has 0 bridgehead atoms. The van der Waals surface area contributed by atoms with Gasteiger partial charge in [-0.05, 0) is 26.0 Å². The number of hydrogen-bond acceptors (Lipinski definition) is 4. The molecule has 0 saturated carbocycles. The van der Waals surface area contributed by atoms with Crippen molar-refractivity contribution < 1.29 is 9.53 Å². The molecule has 1 aliphatic heterocycles. The Morgan fingerprint density at radius 3 is 3.10 bits per heavy atom. The predicted molar refractivity (Wildman–Crippen MR) is 75.8 cm³/mol. The van der Waals surface area contributed by atoms with Crippen LogP contribution >= 0.6 is 0 Å². The summed E-state index contributed by atoms with van der Waals surface area (Å²) in [6, 6.07) is 3.57. The summed E-state index contributed by atoms with van der Waals surface area (Å²) >= 11 is 0. The molecule has 1 aliphatic rings. The molecule has 2 aromatic rings. The number of nitrogens with zero attached hydrogens (tertiary/aromatic N) is 4. The summed E-state index contributed by atoms with van der Waals surface area (Å²) in [6.45, 7) is 6.30. The van der Waals surface area contributed by atoms with E-state index < -0.39 is 0 Å². The Balaban J connectivity index is 1.87. The summed E-state index contributed by atoms with van der Waals surface area (Å²) in [6.07, 6.45) is 1.68. The maximum absolute atomic E-state index is 12.7. The number of nitrogens with one attached hydrogen (secondary N) is 1. The number of aromatic nitrogens is 4. The van der Waals surface area contributed by atoms with Gasteiger partial charge in [0.1, 0.15) is 0 Å². The smallest absolute Gasteiger partial charge is 0.275 e. The molecule has 1 atom stereocenters. The van der Waals surface area contributed by atoms with Crippen LogP contribution in [0, 0.1) is 6.92 Å². The lowest BCUT2D eigenvalue weighted by molar-refractivity contribution is -0.00426. The molecule has 0 aliphatic carbocycles. The largest absolute Gasteiger partial charge is 0.377 e. The lowest BCUT2D eigenvalue weighted by Crippen LogP contribution is -2.43. The first-order valence-corrected chi connectivity index (χ1v) is 7.13. The third kappa shape index (κ3) is 2.56. The first-order valence-electron chi connectivity index (χ1n) is 7.13. The summed E-state index contributed by atoms with van der Waals surface area (Å²) in [4.78, 5) is 14.6. The maximum Gasteiger partial charge on any atom is 0.275 e. The number of amides is 1. The number of carbonyl (C=O) groups is 1. The number of carbonyl (C=O) groups excluding carboxylic acids is 1. The van der Waals surface area contributed by atoms with E-state index in [9.17, 15) is 4.79 Å². The highest BCUT2D eigenvalue weighted by Crippen LogP contribution is 2.24. The van der Waals surface area contributed by atoms with Crippen LogP contribution in [0.3, 0.4) is 0 Å². The minimum Gasteiger partial charge on any atom is -0.377 e. The van der Waals surface area contributed by atoms with Gasteiger partial charge < -0.3 is 9.64 Å². The number of aryl methyl sites for hydroxylation is 2. The lowest BCUT2D eigenvalue weighted by Gasteiger charge is -2.34. The quantitative estimate of drug-likeness (QED) is 0.919. The van der Waals surface area contributed by atoms with Gasteiger partial charge in [-0.1, -0.05) is 0 Å². The van der Waals surface area contributed by atoms with Gasteiger partial charge in [-0.3, -0.25) is 14.6 Å². The van der Waals surface area contributed by atoms with Crippen LogP contribution in [0.2, 0.25) is 0 Å². The standard InChI is InChI=1S/C14H19N5O2/c1-3-19-10(2)8-12(17-19)14(20)18-6-7-21-9-13(18)11-4-5-15-16-11/h4-5,8,13H,3,6-7,9H2,1-2H3,(H,15,16)/t13-/m0/s1. The fourth-order valence-electron chi connectivity index (χ4n) is 2.64. The highest BCUT2D eigenvalue weighted by molar-refractivity contribution is 5.92. The topological polar surface area (TPSA) is 76.0 Å². The van der Waals surface area contributed by atoms with Crippen LogP contribution in [-0.4, -0.2) is 50.5 Å². The van der Waals surface area contributed by atoms with Crippen LogP contribution in [0.4, 0.5) is 0 Å². The van der Waals surface area contributed by atoms with Crippen molar-refractivity contribution in [3.05, 3.63) is 35.4 Å². The van der Waals surface area contributed by atoms with Crippen molar-refractivity contribution in [1.29, 1.82) is 0 Å². The fraction of sp³-hybridized carbons (Fsp3) is 0.500. The van der Waals surface area contributed by atoms with E-state index >= 15 is 0 Å². The Labute approximate surface area is 122 Å². The van der Waals surface area contributed by atoms with E-state index in [1.165, 1.54) is 0 Å². The molecule has 2 aromatic heterocycles. The number of ether oxygens (including phenoxy) is 1. The van der Waals surface area contributed by atoms with E-state index in [0.29, 0.717) is 25.5 Å². The Bertz CT molecular complexity index is 619. The molecular weight excluding hydrogens is 270 g/mol. The molecule has 3 heterocycles. The van der Waals surface area contributed by atoms with Crippen molar-refractivity contribution in [2.75, 3.05) is 19.8 Å². The van der Waals surface area contributed by atoms with E-state index in [1.807, 2.05) is 30.7 Å². The average molecular weight is 289 g/mol. The van der Waals surface area contributed by atoms with Gasteiger partial charge in [0, 0.05) is 25.0 Å². The van der Waals surface area contributed by atoms with Gasteiger partial charge in [0.15, 0.2) is 5.69 Å². The second-order valence-electron chi connectivity index (χ2n) is 5.09. The highest BCUT2D eigenvalue weighted by Gasteiger charge is 2.31. The second-order valence-corrected chi connectivity index (χ2v) is 5.09. The number of morpholine rings is 1. The van der Waals surface area contributed by atoms with Crippen LogP contribution in [-0.2, 0) is 11.3 Å². The first-order chi connectivity index (χ1) is 10.2. The Hall–Kier alpha value is -2.15. The molecule has 0 unspecified atom stereocenters. The molecule has 1 fully saturated rings. The number of hydrogen-bond donors (Lipinski definition) is 1. The molecule has 1 N–H and O–H groups in total. The molecule has 112 valence electrons. The van der Waals surface area contributed by atoms with Gasteiger partial charge in [-0.15, -0.1) is 0 Å². The molecule has 7 heteroatoms. The summed E-state index contributed by atoms with van der Waals surface area (Å²) in [5, 5.41) is 11.3. The van der Waals surface area contributed by atoms with E-state index in [4.69, 9.17) is 4.74 Å². The Morgan fingerprint density at radius 1 is 1.57 bits per heavy atom. The van der Waals surface area contributed by atoms with Crippen LogP contribution in [0.25, 0.3) is 0 Å². The third-order valence-corrected chi connectivity index (χ3v) is 3.77. The summed E-state index contributed by atoms with van der Waals surface area (Å²) in [7, 11) is 0. The van der Waals surface area contributed by atoms with Crippen molar-refractivity contribution in [3.63, 3.8) is 0 Å². The molecule has 7 nitrogen and oxygen atoms in total. The van der Waals surface area contributed by atoms with Crippen LogP contribution < -0.4 is 0 Å². The molecule has 3 rings (SSSR count). The summed E-state index contributed by atoms with van der Waals surface area (Å²) < 4.78 is 7.34. The fourth-order valence-corrected chi connectivity index (χ4v) is 2.64. The summed E-state index contributed by atoms with van der Waals surface area (Å²) in [5.74, 6) is -0.0619. The van der Waals surface area contributed by atoms with E-state index in [2.05, 4.69) is 15.3 Å². The van der Waals surface area contributed by atoms with Gasteiger partial charge in [0.05, 0.1) is 24.9 Å². The highest BCUT2D eigenvalue weighted by atomic mass is 16.5. The van der Waals surface area contributed by atoms with Gasteiger partial charge in [0.2, 0.25) is 0 Å². The van der Waals surface area contributed by atoms with Crippen molar-refractivity contribution in [1.82, 2.24) is 24.9 Å². The molecular formula is C14H19N5O2. The van der Waals surface area contributed by atoms with Crippen molar-refractivity contribution in [3.8, 4) is 0 Å². The van der Waals surface area contributed by atoms with Gasteiger partial charge in [-0.2, -0.15) is 10.2 Å².